The minimum absolute atomic E-state index is 0.0958. The first-order valence-electron chi connectivity index (χ1n) is 7.63. The molecule has 0 saturated carbocycles. The van der Waals surface area contributed by atoms with Crippen molar-refractivity contribution in [2.45, 2.75) is 45.1 Å². The molecule has 0 aliphatic rings. The average Bonchev–Trinajstić information content (AvgIpc) is 2.50. The van der Waals surface area contributed by atoms with Crippen molar-refractivity contribution < 1.29 is 14.6 Å². The van der Waals surface area contributed by atoms with E-state index in [0.29, 0.717) is 6.61 Å². The van der Waals surface area contributed by atoms with Crippen molar-refractivity contribution in [3.05, 3.63) is 29.8 Å². The van der Waals surface area contributed by atoms with Gasteiger partial charge in [-0.2, -0.15) is 5.26 Å². The zero-order valence-electron chi connectivity index (χ0n) is 12.8. The number of rotatable bonds is 11. The number of hydrogen-bond donors (Lipinski definition) is 1. The largest absolute Gasteiger partial charge is 0.494 e. The first kappa shape index (κ1) is 17.5. The molecule has 21 heavy (non-hydrogen) atoms. The van der Waals surface area contributed by atoms with Crippen molar-refractivity contribution in [3.8, 4) is 11.8 Å². The fourth-order valence-electron chi connectivity index (χ4n) is 1.86. The highest BCUT2D eigenvalue weighted by Gasteiger charge is 2.07. The number of aliphatic hydroxyl groups is 1. The van der Waals surface area contributed by atoms with Crippen LogP contribution in [-0.4, -0.2) is 24.9 Å². The Morgan fingerprint density at radius 1 is 1.19 bits per heavy atom. The summed E-state index contributed by atoms with van der Waals surface area (Å²) in [6, 6.07) is 9.25. The van der Waals surface area contributed by atoms with E-state index in [9.17, 15) is 5.11 Å². The van der Waals surface area contributed by atoms with E-state index in [4.69, 9.17) is 14.7 Å². The number of benzene rings is 1. The molecule has 1 unspecified atom stereocenters. The monoisotopic (exact) mass is 291 g/mol. The maximum absolute atomic E-state index is 9.76. The van der Waals surface area contributed by atoms with Gasteiger partial charge in [-0.1, -0.05) is 25.5 Å². The van der Waals surface area contributed by atoms with Gasteiger partial charge in [0.05, 0.1) is 25.2 Å². The Balaban J connectivity index is 2.20. The second-order valence-corrected chi connectivity index (χ2v) is 4.97. The summed E-state index contributed by atoms with van der Waals surface area (Å²) in [5.74, 6) is 0.733. The summed E-state index contributed by atoms with van der Waals surface area (Å²) in [7, 11) is 0. The molecular weight excluding hydrogens is 266 g/mol. The van der Waals surface area contributed by atoms with Crippen LogP contribution in [0.1, 0.15) is 50.7 Å². The Hall–Kier alpha value is -1.57. The highest BCUT2D eigenvalue weighted by molar-refractivity contribution is 5.30. The zero-order valence-corrected chi connectivity index (χ0v) is 12.8. The van der Waals surface area contributed by atoms with Crippen LogP contribution in [0, 0.1) is 11.3 Å². The van der Waals surface area contributed by atoms with Crippen molar-refractivity contribution in [2.75, 3.05) is 19.8 Å². The molecular formula is C17H25NO3. The van der Waals surface area contributed by atoms with Crippen molar-refractivity contribution >= 4 is 0 Å². The molecule has 0 saturated heterocycles. The predicted molar refractivity (Wildman–Crippen MR) is 82.1 cm³/mol. The number of unbranched alkanes of at least 4 members (excludes halogenated alkanes) is 2. The highest BCUT2D eigenvalue weighted by atomic mass is 16.5. The van der Waals surface area contributed by atoms with Crippen molar-refractivity contribution in [3.63, 3.8) is 0 Å². The fraction of sp³-hybridized carbons (Fsp3) is 0.588. The van der Waals surface area contributed by atoms with Gasteiger partial charge in [-0.15, -0.1) is 0 Å². The van der Waals surface area contributed by atoms with Crippen LogP contribution < -0.4 is 4.74 Å². The summed E-state index contributed by atoms with van der Waals surface area (Å²) >= 11 is 0. The van der Waals surface area contributed by atoms with E-state index >= 15 is 0 Å². The number of nitrogens with zero attached hydrogens (tertiary/aromatic N) is 1. The van der Waals surface area contributed by atoms with Crippen molar-refractivity contribution in [1.82, 2.24) is 0 Å². The summed E-state index contributed by atoms with van der Waals surface area (Å²) in [4.78, 5) is 0. The Kier molecular flexibility index (Phi) is 9.26. The molecule has 0 fully saturated rings. The lowest BCUT2D eigenvalue weighted by Crippen LogP contribution is -2.02. The number of ether oxygens (including phenoxy) is 2. The van der Waals surface area contributed by atoms with E-state index in [2.05, 4.69) is 6.92 Å². The van der Waals surface area contributed by atoms with Crippen LogP contribution in [0.25, 0.3) is 0 Å². The van der Waals surface area contributed by atoms with Gasteiger partial charge < -0.3 is 14.6 Å². The van der Waals surface area contributed by atoms with Gasteiger partial charge in [0.25, 0.3) is 0 Å². The third-order valence-corrected chi connectivity index (χ3v) is 3.12. The van der Waals surface area contributed by atoms with Gasteiger partial charge >= 0.3 is 0 Å². The van der Waals surface area contributed by atoms with E-state index in [1.165, 1.54) is 0 Å². The van der Waals surface area contributed by atoms with Gasteiger partial charge in [0.15, 0.2) is 0 Å². The van der Waals surface area contributed by atoms with Crippen LogP contribution in [-0.2, 0) is 4.74 Å². The molecule has 0 aliphatic carbocycles. The first-order chi connectivity index (χ1) is 10.3. The quantitative estimate of drug-likeness (QED) is 0.633. The third kappa shape index (κ3) is 7.69. The maximum Gasteiger partial charge on any atom is 0.119 e. The molecule has 116 valence electrons. The predicted octanol–water partition coefficient (Wildman–Crippen LogP) is 3.61. The van der Waals surface area contributed by atoms with Gasteiger partial charge in [-0.25, -0.2) is 0 Å². The van der Waals surface area contributed by atoms with E-state index < -0.39 is 6.10 Å². The molecule has 1 N–H and O–H groups in total. The Morgan fingerprint density at radius 2 is 1.95 bits per heavy atom. The average molecular weight is 291 g/mol. The van der Waals surface area contributed by atoms with E-state index in [0.717, 1.165) is 50.2 Å². The second kappa shape index (κ2) is 11.1. The lowest BCUT2D eigenvalue weighted by Gasteiger charge is -2.10. The van der Waals surface area contributed by atoms with Gasteiger partial charge in [0, 0.05) is 13.2 Å². The fourth-order valence-corrected chi connectivity index (χ4v) is 1.86. The van der Waals surface area contributed by atoms with Crippen molar-refractivity contribution in [2.24, 2.45) is 0 Å². The van der Waals surface area contributed by atoms with E-state index in [1.807, 2.05) is 18.2 Å². The Bertz CT molecular complexity index is 428. The van der Waals surface area contributed by atoms with Crippen molar-refractivity contribution in [1.29, 1.82) is 5.26 Å². The summed E-state index contributed by atoms with van der Waals surface area (Å²) < 4.78 is 11.1. The number of hydrogen-bond acceptors (Lipinski definition) is 4. The molecule has 0 spiro atoms. The Labute approximate surface area is 127 Å². The second-order valence-electron chi connectivity index (χ2n) is 4.97. The molecule has 4 heteroatoms. The number of aliphatic hydroxyl groups excluding tert-OH is 1. The van der Waals surface area contributed by atoms with E-state index in [-0.39, 0.29) is 6.42 Å². The summed E-state index contributed by atoms with van der Waals surface area (Å²) in [5, 5.41) is 18.4. The van der Waals surface area contributed by atoms with Gasteiger partial charge in [-0.05, 0) is 37.0 Å². The smallest absolute Gasteiger partial charge is 0.119 e. The summed E-state index contributed by atoms with van der Waals surface area (Å²) in [5.41, 5.74) is 0.719. The molecule has 0 amide bonds. The molecule has 0 bridgehead atoms. The zero-order chi connectivity index (χ0) is 15.3. The molecule has 0 aromatic heterocycles. The molecule has 4 nitrogen and oxygen atoms in total. The third-order valence-electron chi connectivity index (χ3n) is 3.12. The highest BCUT2D eigenvalue weighted by Crippen LogP contribution is 2.21. The topological polar surface area (TPSA) is 62.5 Å². The SMILES string of the molecule is CCCCOCCCCOc1cccc(C(O)CC#N)c1. The summed E-state index contributed by atoms with van der Waals surface area (Å²) in [6.45, 7) is 4.41. The summed E-state index contributed by atoms with van der Waals surface area (Å²) in [6.07, 6.45) is 3.56. The van der Waals surface area contributed by atoms with Gasteiger partial charge in [0.2, 0.25) is 0 Å². The van der Waals surface area contributed by atoms with Crippen LogP contribution in [0.2, 0.25) is 0 Å². The molecule has 1 aromatic carbocycles. The Morgan fingerprint density at radius 3 is 2.71 bits per heavy atom. The molecule has 1 atom stereocenters. The van der Waals surface area contributed by atoms with E-state index in [1.54, 1.807) is 12.1 Å². The maximum atomic E-state index is 9.76. The minimum Gasteiger partial charge on any atom is -0.494 e. The molecule has 1 rings (SSSR count). The lowest BCUT2D eigenvalue weighted by atomic mass is 10.1. The van der Waals surface area contributed by atoms with Gasteiger partial charge in [0.1, 0.15) is 5.75 Å². The molecule has 0 heterocycles. The molecule has 0 aliphatic heterocycles. The van der Waals surface area contributed by atoms with Crippen LogP contribution >= 0.6 is 0 Å². The molecule has 1 aromatic rings. The van der Waals surface area contributed by atoms with Gasteiger partial charge in [-0.3, -0.25) is 0 Å². The number of nitriles is 1. The first-order valence-corrected chi connectivity index (χ1v) is 7.63. The van der Waals surface area contributed by atoms with Crippen LogP contribution in [0.4, 0.5) is 0 Å². The van der Waals surface area contributed by atoms with Crippen LogP contribution in [0.15, 0.2) is 24.3 Å². The van der Waals surface area contributed by atoms with Crippen LogP contribution in [0.3, 0.4) is 0 Å². The van der Waals surface area contributed by atoms with Crippen LogP contribution in [0.5, 0.6) is 5.75 Å². The standard InChI is InChI=1S/C17H25NO3/c1-2-3-11-20-12-4-5-13-21-16-8-6-7-15(14-16)17(19)9-10-18/h6-8,14,17,19H,2-5,9,11-13H2,1H3. The minimum atomic E-state index is -0.745. The molecule has 0 radical (unpaired) electrons. The lowest BCUT2D eigenvalue weighted by molar-refractivity contribution is 0.123. The normalized spacial score (nSPS) is 11.9.